The van der Waals surface area contributed by atoms with Crippen LogP contribution >= 0.6 is 19.8 Å². The molecule has 0 fully saturated rings. The summed E-state index contributed by atoms with van der Waals surface area (Å²) in [5.41, 5.74) is 0. The maximum absolute atomic E-state index is 2.00. The number of hydrogen-bond acceptors (Lipinski definition) is 0. The van der Waals surface area contributed by atoms with Gasteiger partial charge in [-0.05, 0) is 0 Å². The van der Waals surface area contributed by atoms with Crippen molar-refractivity contribution in [3.05, 3.63) is 0 Å². The van der Waals surface area contributed by atoms with E-state index in [0.717, 1.165) is 0 Å². The first kappa shape index (κ1) is 28.8. The molecule has 0 saturated heterocycles. The van der Waals surface area contributed by atoms with Crippen LogP contribution in [0.25, 0.3) is 0 Å². The molecule has 0 aliphatic carbocycles. The smallest absolute Gasteiger partial charge is 0.0683 e. The van der Waals surface area contributed by atoms with Gasteiger partial charge in [-0.15, -0.1) is 0 Å². The highest BCUT2D eigenvalue weighted by molar-refractivity contribution is 6.92. The van der Waals surface area contributed by atoms with Gasteiger partial charge in [-0.2, -0.15) is 19.8 Å². The van der Waals surface area contributed by atoms with Gasteiger partial charge in [0.1, 0.15) is 0 Å². The van der Waals surface area contributed by atoms with Gasteiger partial charge < -0.3 is 0 Å². The first-order valence-electron chi connectivity index (χ1n) is 2.00. The standard InChI is InChI=1S/2C2H6.2H3P/c2*1-2;;/h2*1-2H3;2*1H3. The summed E-state index contributed by atoms with van der Waals surface area (Å²) in [6.07, 6.45) is 0. The van der Waals surface area contributed by atoms with E-state index in [1.165, 1.54) is 0 Å². The third-order valence-electron chi connectivity index (χ3n) is 0. The minimum Gasteiger partial charge on any atom is -0.153 e. The molecule has 6 heavy (non-hydrogen) atoms. The summed E-state index contributed by atoms with van der Waals surface area (Å²) < 4.78 is 0. The largest absolute Gasteiger partial charge is 0.153 e. The van der Waals surface area contributed by atoms with Gasteiger partial charge in [0.15, 0.2) is 0 Å². The summed E-state index contributed by atoms with van der Waals surface area (Å²) in [6.45, 7) is 8.00. The van der Waals surface area contributed by atoms with Crippen LogP contribution in [0.15, 0.2) is 0 Å². The van der Waals surface area contributed by atoms with Crippen LogP contribution in [0.4, 0.5) is 0 Å². The predicted molar refractivity (Wildman–Crippen MR) is 44.9 cm³/mol. The Hall–Kier alpha value is 0.860. The molecule has 0 spiro atoms. The molecule has 2 unspecified atom stereocenters. The Kier molecular flexibility index (Phi) is 898. The van der Waals surface area contributed by atoms with Crippen molar-refractivity contribution >= 4 is 19.8 Å². The minimum atomic E-state index is 0. The van der Waals surface area contributed by atoms with Crippen LogP contribution < -0.4 is 0 Å². The maximum Gasteiger partial charge on any atom is -0.0683 e. The van der Waals surface area contributed by atoms with E-state index in [1.54, 1.807) is 0 Å². The summed E-state index contributed by atoms with van der Waals surface area (Å²) in [4.78, 5) is 0. The Balaban J connectivity index is -0.00000000500. The van der Waals surface area contributed by atoms with E-state index in [2.05, 4.69) is 0 Å². The van der Waals surface area contributed by atoms with Gasteiger partial charge in [0, 0.05) is 0 Å². The molecule has 0 aliphatic heterocycles. The molecule has 44 valence electrons. The van der Waals surface area contributed by atoms with Gasteiger partial charge in [0.05, 0.1) is 0 Å². The zero-order valence-corrected chi connectivity index (χ0v) is 8.24. The van der Waals surface area contributed by atoms with Gasteiger partial charge in [-0.25, -0.2) is 0 Å². The fraction of sp³-hybridized carbons (Fsp3) is 1.00. The molecule has 0 heterocycles. The van der Waals surface area contributed by atoms with Crippen molar-refractivity contribution in [2.75, 3.05) is 0 Å². The Bertz CT molecular complexity index is 5.51. The Morgan fingerprint density at radius 2 is 0.500 bits per heavy atom. The quantitative estimate of drug-likeness (QED) is 0.438. The van der Waals surface area contributed by atoms with Crippen molar-refractivity contribution < 1.29 is 0 Å². The lowest BCUT2D eigenvalue weighted by Gasteiger charge is -1.07. The monoisotopic (exact) mass is 128 g/mol. The molecule has 0 amide bonds. The minimum absolute atomic E-state index is 0. The molecule has 0 N–H and O–H groups in total. The van der Waals surface area contributed by atoms with Crippen LogP contribution in [-0.4, -0.2) is 0 Å². The third-order valence-corrected chi connectivity index (χ3v) is 0. The van der Waals surface area contributed by atoms with E-state index in [0.29, 0.717) is 0 Å². The summed E-state index contributed by atoms with van der Waals surface area (Å²) in [6, 6.07) is 0. The lowest BCUT2D eigenvalue weighted by molar-refractivity contribution is 1.50. The number of hydrogen-bond donors (Lipinski definition) is 0. The van der Waals surface area contributed by atoms with Crippen LogP contribution in [0.5, 0.6) is 0 Å². The van der Waals surface area contributed by atoms with E-state index in [9.17, 15) is 0 Å². The van der Waals surface area contributed by atoms with E-state index >= 15 is 0 Å². The fourth-order valence-electron chi connectivity index (χ4n) is 0. The van der Waals surface area contributed by atoms with Crippen LogP contribution in [0.2, 0.25) is 0 Å². The first-order chi connectivity index (χ1) is 2.00. The lowest BCUT2D eigenvalue weighted by Crippen LogP contribution is -0.856. The van der Waals surface area contributed by atoms with Crippen molar-refractivity contribution in [1.82, 2.24) is 0 Å². The normalized spacial score (nSPS) is 2.00. The molecule has 0 aromatic rings. The average Bonchev–Trinajstić information content (AvgIpc) is 1.50. The van der Waals surface area contributed by atoms with Crippen molar-refractivity contribution in [2.24, 2.45) is 0 Å². The summed E-state index contributed by atoms with van der Waals surface area (Å²) >= 11 is 0. The van der Waals surface area contributed by atoms with E-state index < -0.39 is 0 Å². The van der Waals surface area contributed by atoms with E-state index in [-0.39, 0.29) is 19.8 Å². The summed E-state index contributed by atoms with van der Waals surface area (Å²) in [5, 5.41) is 0. The maximum atomic E-state index is 2.00. The van der Waals surface area contributed by atoms with Gasteiger partial charge in [0.2, 0.25) is 0 Å². The van der Waals surface area contributed by atoms with Gasteiger partial charge in [0.25, 0.3) is 0 Å². The molecular weight excluding hydrogens is 110 g/mol. The molecule has 0 rings (SSSR count). The molecule has 0 aliphatic rings. The summed E-state index contributed by atoms with van der Waals surface area (Å²) in [7, 11) is 0. The van der Waals surface area contributed by atoms with Crippen molar-refractivity contribution in [1.29, 1.82) is 0 Å². The van der Waals surface area contributed by atoms with Gasteiger partial charge >= 0.3 is 0 Å². The highest BCUT2D eigenvalue weighted by atomic mass is 31.0. The molecule has 0 bridgehead atoms. The van der Waals surface area contributed by atoms with Crippen LogP contribution in [-0.2, 0) is 0 Å². The van der Waals surface area contributed by atoms with Gasteiger partial charge in [-0.3, -0.25) is 0 Å². The average molecular weight is 128 g/mol. The van der Waals surface area contributed by atoms with Crippen molar-refractivity contribution in [2.45, 2.75) is 27.7 Å². The molecule has 0 aromatic carbocycles. The molecular formula is C4H18P2. The second-order valence-corrected chi connectivity index (χ2v) is 0. The molecule has 0 aromatic heterocycles. The SMILES string of the molecule is CC.CC.P.P. The summed E-state index contributed by atoms with van der Waals surface area (Å²) in [5.74, 6) is 0. The number of rotatable bonds is 0. The predicted octanol–water partition coefficient (Wildman–Crippen LogP) is 2.17. The zero-order chi connectivity index (χ0) is 4.00. The van der Waals surface area contributed by atoms with E-state index in [1.807, 2.05) is 27.7 Å². The fourth-order valence-corrected chi connectivity index (χ4v) is 0. The highest BCUT2D eigenvalue weighted by Crippen LogP contribution is 1.15. The Morgan fingerprint density at radius 3 is 0.500 bits per heavy atom. The van der Waals surface area contributed by atoms with Crippen LogP contribution in [0.1, 0.15) is 27.7 Å². The topological polar surface area (TPSA) is 0 Å². The second kappa shape index (κ2) is 187. The zero-order valence-electron chi connectivity index (χ0n) is 5.41. The molecule has 2 atom stereocenters. The second-order valence-electron chi connectivity index (χ2n) is 0. The van der Waals surface area contributed by atoms with Gasteiger partial charge in [-0.1, -0.05) is 27.7 Å². The van der Waals surface area contributed by atoms with Crippen molar-refractivity contribution in [3.63, 3.8) is 0 Å². The Morgan fingerprint density at radius 1 is 0.500 bits per heavy atom. The molecule has 0 saturated carbocycles. The third kappa shape index (κ3) is 97.9. The molecule has 0 nitrogen and oxygen atoms in total. The lowest BCUT2D eigenvalue weighted by atomic mass is 11.0. The highest BCUT2D eigenvalue weighted by Gasteiger charge is 0.934. The molecule has 0 radical (unpaired) electrons. The van der Waals surface area contributed by atoms with Crippen molar-refractivity contribution in [3.8, 4) is 0 Å². The van der Waals surface area contributed by atoms with Crippen LogP contribution in [0.3, 0.4) is 0 Å². The van der Waals surface area contributed by atoms with E-state index in [4.69, 9.17) is 0 Å². The van der Waals surface area contributed by atoms with Crippen LogP contribution in [0, 0.1) is 0 Å². The first-order valence-corrected chi connectivity index (χ1v) is 2.00. The Labute approximate surface area is 48.3 Å². The molecule has 2 heteroatoms.